The molecule has 0 spiro atoms. The Hall–Kier alpha value is -1.87. The third-order valence-electron chi connectivity index (χ3n) is 2.57. The first-order chi connectivity index (χ1) is 8.42. The Kier molecular flexibility index (Phi) is 4.11. The van der Waals surface area contributed by atoms with Gasteiger partial charge >= 0.3 is 0 Å². The highest BCUT2D eigenvalue weighted by molar-refractivity contribution is 5.55. The Morgan fingerprint density at radius 1 is 1.29 bits per heavy atom. The standard InChI is InChI=1S/C14H17N3/c1-2-8-15-9-11-17-12-10-16-14(17)13-6-4-3-5-7-13/h2-7,10,12,15H,1,8-9,11H2. The summed E-state index contributed by atoms with van der Waals surface area (Å²) >= 11 is 0. The fraction of sp³-hybridized carbons (Fsp3) is 0.214. The molecule has 0 aliphatic carbocycles. The number of nitrogens with zero attached hydrogens (tertiary/aromatic N) is 2. The zero-order valence-electron chi connectivity index (χ0n) is 9.84. The average molecular weight is 227 g/mol. The van der Waals surface area contributed by atoms with Crippen molar-refractivity contribution >= 4 is 0 Å². The molecule has 1 aromatic heterocycles. The third kappa shape index (κ3) is 3.04. The van der Waals surface area contributed by atoms with Crippen molar-refractivity contribution in [2.24, 2.45) is 0 Å². The van der Waals surface area contributed by atoms with Gasteiger partial charge in [0.15, 0.2) is 0 Å². The second-order valence-corrected chi connectivity index (χ2v) is 3.80. The van der Waals surface area contributed by atoms with Crippen LogP contribution in [-0.4, -0.2) is 22.6 Å². The van der Waals surface area contributed by atoms with E-state index in [0.29, 0.717) is 0 Å². The van der Waals surface area contributed by atoms with Crippen LogP contribution in [0.25, 0.3) is 11.4 Å². The Morgan fingerprint density at radius 3 is 2.88 bits per heavy atom. The van der Waals surface area contributed by atoms with E-state index in [1.165, 1.54) is 0 Å². The zero-order valence-corrected chi connectivity index (χ0v) is 9.84. The molecule has 0 atom stereocenters. The van der Waals surface area contributed by atoms with Crippen molar-refractivity contribution in [1.29, 1.82) is 0 Å². The van der Waals surface area contributed by atoms with Gasteiger partial charge in [0.05, 0.1) is 0 Å². The number of hydrogen-bond donors (Lipinski definition) is 1. The molecule has 17 heavy (non-hydrogen) atoms. The molecule has 0 fully saturated rings. The summed E-state index contributed by atoms with van der Waals surface area (Å²) in [5, 5.41) is 3.29. The Morgan fingerprint density at radius 2 is 2.12 bits per heavy atom. The van der Waals surface area contributed by atoms with E-state index in [2.05, 4.69) is 33.6 Å². The molecule has 3 nitrogen and oxygen atoms in total. The van der Waals surface area contributed by atoms with E-state index >= 15 is 0 Å². The van der Waals surface area contributed by atoms with Crippen molar-refractivity contribution in [3.63, 3.8) is 0 Å². The number of rotatable bonds is 6. The maximum atomic E-state index is 4.40. The molecule has 0 saturated carbocycles. The van der Waals surface area contributed by atoms with Gasteiger partial charge in [-0.1, -0.05) is 36.4 Å². The molecule has 1 heterocycles. The van der Waals surface area contributed by atoms with Crippen molar-refractivity contribution in [1.82, 2.24) is 14.9 Å². The summed E-state index contributed by atoms with van der Waals surface area (Å²) < 4.78 is 2.16. The topological polar surface area (TPSA) is 29.9 Å². The summed E-state index contributed by atoms with van der Waals surface area (Å²) in [6.45, 7) is 6.35. The van der Waals surface area contributed by atoms with E-state index in [-0.39, 0.29) is 0 Å². The number of imidazole rings is 1. The molecular weight excluding hydrogens is 210 g/mol. The highest BCUT2D eigenvalue weighted by Gasteiger charge is 2.03. The molecule has 3 heteroatoms. The molecule has 88 valence electrons. The maximum Gasteiger partial charge on any atom is 0.139 e. The van der Waals surface area contributed by atoms with Gasteiger partial charge in [0.25, 0.3) is 0 Å². The maximum absolute atomic E-state index is 4.40. The number of hydrogen-bond acceptors (Lipinski definition) is 2. The molecule has 0 radical (unpaired) electrons. The monoisotopic (exact) mass is 227 g/mol. The van der Waals surface area contributed by atoms with Crippen molar-refractivity contribution in [2.75, 3.05) is 13.1 Å². The van der Waals surface area contributed by atoms with Crippen LogP contribution in [0.1, 0.15) is 0 Å². The van der Waals surface area contributed by atoms with Gasteiger partial charge in [0, 0.05) is 37.6 Å². The van der Waals surface area contributed by atoms with Crippen LogP contribution in [-0.2, 0) is 6.54 Å². The van der Waals surface area contributed by atoms with E-state index in [1.54, 1.807) is 0 Å². The lowest BCUT2D eigenvalue weighted by Crippen LogP contribution is -2.19. The molecule has 0 aliphatic rings. The van der Waals surface area contributed by atoms with Crippen molar-refractivity contribution in [3.05, 3.63) is 55.4 Å². The van der Waals surface area contributed by atoms with E-state index < -0.39 is 0 Å². The van der Waals surface area contributed by atoms with E-state index in [4.69, 9.17) is 0 Å². The minimum Gasteiger partial charge on any atom is -0.330 e. The zero-order chi connectivity index (χ0) is 11.9. The smallest absolute Gasteiger partial charge is 0.139 e. The Labute approximate surface area is 102 Å². The van der Waals surface area contributed by atoms with Gasteiger partial charge in [-0.2, -0.15) is 0 Å². The first-order valence-electron chi connectivity index (χ1n) is 5.80. The third-order valence-corrected chi connectivity index (χ3v) is 2.57. The lowest BCUT2D eigenvalue weighted by atomic mass is 10.2. The number of nitrogens with one attached hydrogen (secondary N) is 1. The predicted molar refractivity (Wildman–Crippen MR) is 70.7 cm³/mol. The molecule has 1 N–H and O–H groups in total. The molecule has 0 bridgehead atoms. The molecular formula is C14H17N3. The summed E-state index contributed by atoms with van der Waals surface area (Å²) in [5.74, 6) is 1.02. The van der Waals surface area contributed by atoms with Crippen LogP contribution in [0.4, 0.5) is 0 Å². The summed E-state index contributed by atoms with van der Waals surface area (Å²) in [5.41, 5.74) is 1.15. The van der Waals surface area contributed by atoms with Gasteiger partial charge in [-0.15, -0.1) is 6.58 Å². The number of aromatic nitrogens is 2. The molecule has 2 rings (SSSR count). The molecule has 1 aromatic carbocycles. The Bertz CT molecular complexity index is 459. The first kappa shape index (κ1) is 11.6. The van der Waals surface area contributed by atoms with Crippen LogP contribution in [0.3, 0.4) is 0 Å². The highest BCUT2D eigenvalue weighted by Crippen LogP contribution is 2.16. The van der Waals surface area contributed by atoms with Crippen LogP contribution in [0.15, 0.2) is 55.4 Å². The molecule has 0 unspecified atom stereocenters. The van der Waals surface area contributed by atoms with E-state index in [9.17, 15) is 0 Å². The predicted octanol–water partition coefficient (Wildman–Crippen LogP) is 2.33. The molecule has 0 aliphatic heterocycles. The molecule has 0 amide bonds. The molecule has 0 saturated heterocycles. The van der Waals surface area contributed by atoms with E-state index in [1.807, 2.05) is 36.7 Å². The van der Waals surface area contributed by atoms with Crippen LogP contribution < -0.4 is 5.32 Å². The summed E-state index contributed by atoms with van der Waals surface area (Å²) in [6, 6.07) is 10.2. The van der Waals surface area contributed by atoms with Gasteiger partial charge in [-0.3, -0.25) is 0 Å². The van der Waals surface area contributed by atoms with Crippen LogP contribution in [0.5, 0.6) is 0 Å². The SMILES string of the molecule is C=CCNCCn1ccnc1-c1ccccc1. The number of benzene rings is 1. The van der Waals surface area contributed by atoms with Crippen molar-refractivity contribution in [3.8, 4) is 11.4 Å². The van der Waals surface area contributed by atoms with E-state index in [0.717, 1.165) is 31.0 Å². The lowest BCUT2D eigenvalue weighted by Gasteiger charge is -2.08. The fourth-order valence-corrected chi connectivity index (χ4v) is 1.74. The minimum atomic E-state index is 0.843. The van der Waals surface area contributed by atoms with Crippen LogP contribution in [0.2, 0.25) is 0 Å². The summed E-state index contributed by atoms with van der Waals surface area (Å²) in [4.78, 5) is 4.40. The second-order valence-electron chi connectivity index (χ2n) is 3.80. The second kappa shape index (κ2) is 6.01. The fourth-order valence-electron chi connectivity index (χ4n) is 1.74. The van der Waals surface area contributed by atoms with Gasteiger partial charge in [0.1, 0.15) is 5.82 Å². The van der Waals surface area contributed by atoms with Gasteiger partial charge in [-0.05, 0) is 0 Å². The van der Waals surface area contributed by atoms with Crippen LogP contribution in [0, 0.1) is 0 Å². The van der Waals surface area contributed by atoms with Crippen LogP contribution >= 0.6 is 0 Å². The largest absolute Gasteiger partial charge is 0.330 e. The van der Waals surface area contributed by atoms with Gasteiger partial charge in [0.2, 0.25) is 0 Å². The van der Waals surface area contributed by atoms with Gasteiger partial charge in [-0.25, -0.2) is 4.98 Å². The summed E-state index contributed by atoms with van der Waals surface area (Å²) in [6.07, 6.45) is 5.72. The highest BCUT2D eigenvalue weighted by atomic mass is 15.1. The van der Waals surface area contributed by atoms with Gasteiger partial charge < -0.3 is 9.88 Å². The average Bonchev–Trinajstić information content (AvgIpc) is 2.84. The normalized spacial score (nSPS) is 10.4. The quantitative estimate of drug-likeness (QED) is 0.606. The molecule has 2 aromatic rings. The first-order valence-corrected chi connectivity index (χ1v) is 5.80. The van der Waals surface area contributed by atoms with Crippen molar-refractivity contribution in [2.45, 2.75) is 6.54 Å². The summed E-state index contributed by atoms with van der Waals surface area (Å²) in [7, 11) is 0. The minimum absolute atomic E-state index is 0.843. The lowest BCUT2D eigenvalue weighted by molar-refractivity contribution is 0.630. The Balaban J connectivity index is 2.04. The van der Waals surface area contributed by atoms with Crippen molar-refractivity contribution < 1.29 is 0 Å².